The quantitative estimate of drug-likeness (QED) is 0.665. The van der Waals surface area contributed by atoms with Crippen molar-refractivity contribution in [3.63, 3.8) is 0 Å². The lowest BCUT2D eigenvalue weighted by molar-refractivity contribution is 0.0929. The second kappa shape index (κ2) is 6.76. The molecule has 0 atom stereocenters. The van der Waals surface area contributed by atoms with Gasteiger partial charge in [-0.2, -0.15) is 4.98 Å². The van der Waals surface area contributed by atoms with E-state index in [2.05, 4.69) is 20.6 Å². The molecule has 0 bridgehead atoms. The Hall–Kier alpha value is -2.93. The molecule has 3 N–H and O–H groups in total. The minimum absolute atomic E-state index is 0.0372. The van der Waals surface area contributed by atoms with Gasteiger partial charge in [0.25, 0.3) is 5.91 Å². The number of aromatic nitrogens is 3. The van der Waals surface area contributed by atoms with E-state index in [9.17, 15) is 9.59 Å². The number of nitrogens with one attached hydrogen (secondary N) is 3. The Morgan fingerprint density at radius 1 is 1.23 bits per heavy atom. The van der Waals surface area contributed by atoms with Crippen molar-refractivity contribution in [2.45, 2.75) is 18.9 Å². The Morgan fingerprint density at radius 2 is 1.96 bits per heavy atom. The van der Waals surface area contributed by atoms with Crippen LogP contribution in [0, 0.1) is 0 Å². The summed E-state index contributed by atoms with van der Waals surface area (Å²) < 4.78 is 1.45. The van der Waals surface area contributed by atoms with Crippen molar-refractivity contribution in [3.05, 3.63) is 52.6 Å². The molecule has 7 heteroatoms. The van der Waals surface area contributed by atoms with E-state index in [1.54, 1.807) is 13.2 Å². The van der Waals surface area contributed by atoms with Gasteiger partial charge in [-0.3, -0.25) is 4.79 Å². The van der Waals surface area contributed by atoms with Gasteiger partial charge in [-0.25, -0.2) is 4.79 Å². The molecule has 0 unspecified atom stereocenters. The lowest BCUT2D eigenvalue weighted by Gasteiger charge is -2.23. The maximum absolute atomic E-state index is 12.4. The van der Waals surface area contributed by atoms with Crippen molar-refractivity contribution >= 4 is 16.9 Å². The Morgan fingerprint density at radius 3 is 2.69 bits per heavy atom. The smallest absolute Gasteiger partial charge is 0.349 e. The van der Waals surface area contributed by atoms with E-state index in [4.69, 9.17) is 0 Å². The minimum atomic E-state index is -0.296. The van der Waals surface area contributed by atoms with Gasteiger partial charge in [0.05, 0.1) is 0 Å². The van der Waals surface area contributed by atoms with Crippen LogP contribution >= 0.6 is 0 Å². The molecule has 1 fully saturated rings. The summed E-state index contributed by atoms with van der Waals surface area (Å²) in [7, 11) is 1.68. The lowest BCUT2D eigenvalue weighted by Crippen LogP contribution is -2.42. The minimum Gasteiger partial charge on any atom is -0.349 e. The highest BCUT2D eigenvalue weighted by Gasteiger charge is 2.16. The second-order valence-corrected chi connectivity index (χ2v) is 6.70. The summed E-state index contributed by atoms with van der Waals surface area (Å²) >= 11 is 0. The molecule has 1 amide bonds. The first-order valence-corrected chi connectivity index (χ1v) is 8.78. The van der Waals surface area contributed by atoms with Crippen LogP contribution in [0.5, 0.6) is 0 Å². The second-order valence-electron chi connectivity index (χ2n) is 6.70. The molecule has 0 aliphatic carbocycles. The molecule has 134 valence electrons. The number of carbonyl (C=O) groups excluding carboxylic acids is 1. The average molecular weight is 351 g/mol. The van der Waals surface area contributed by atoms with Crippen molar-refractivity contribution < 1.29 is 4.79 Å². The molecule has 7 nitrogen and oxygen atoms in total. The van der Waals surface area contributed by atoms with E-state index in [1.807, 2.05) is 30.3 Å². The molecule has 1 saturated heterocycles. The number of aryl methyl sites for hydroxylation is 1. The number of rotatable bonds is 3. The third kappa shape index (κ3) is 3.25. The number of hydrogen-bond acceptors (Lipinski definition) is 4. The highest BCUT2D eigenvalue weighted by Crippen LogP contribution is 2.22. The van der Waals surface area contributed by atoms with Crippen LogP contribution in [0.15, 0.2) is 41.3 Å². The zero-order valence-electron chi connectivity index (χ0n) is 14.6. The van der Waals surface area contributed by atoms with Crippen LogP contribution in [-0.4, -0.2) is 39.6 Å². The van der Waals surface area contributed by atoms with Gasteiger partial charge in [0.15, 0.2) is 0 Å². The largest absolute Gasteiger partial charge is 0.349 e. The zero-order valence-corrected chi connectivity index (χ0v) is 14.6. The summed E-state index contributed by atoms with van der Waals surface area (Å²) in [6.07, 6.45) is 3.68. The molecule has 0 radical (unpaired) electrons. The van der Waals surface area contributed by atoms with Crippen molar-refractivity contribution in [2.24, 2.45) is 7.05 Å². The normalized spacial score (nSPS) is 15.3. The predicted molar refractivity (Wildman–Crippen MR) is 100 cm³/mol. The summed E-state index contributed by atoms with van der Waals surface area (Å²) in [6, 6.07) is 9.64. The van der Waals surface area contributed by atoms with Crippen LogP contribution in [0.1, 0.15) is 23.2 Å². The third-order valence-electron chi connectivity index (χ3n) is 4.80. The summed E-state index contributed by atoms with van der Waals surface area (Å²) in [5, 5.41) is 7.25. The predicted octanol–water partition coefficient (Wildman–Crippen LogP) is 1.41. The molecule has 0 spiro atoms. The molecular formula is C19H21N5O2. The molecule has 1 aliphatic heterocycles. The van der Waals surface area contributed by atoms with Gasteiger partial charge in [0.1, 0.15) is 5.65 Å². The topological polar surface area (TPSA) is 91.8 Å². The number of hydrogen-bond donors (Lipinski definition) is 3. The first-order valence-electron chi connectivity index (χ1n) is 8.78. The molecule has 1 aromatic carbocycles. The maximum Gasteiger partial charge on any atom is 0.349 e. The molecule has 2 aromatic heterocycles. The Bertz CT molecular complexity index is 997. The number of nitrogens with zero attached hydrogens (tertiary/aromatic N) is 2. The summed E-state index contributed by atoms with van der Waals surface area (Å²) in [5.41, 5.74) is 2.72. The number of amides is 1. The summed E-state index contributed by atoms with van der Waals surface area (Å²) in [4.78, 5) is 31.2. The average Bonchev–Trinajstić information content (AvgIpc) is 3.06. The Kier molecular flexibility index (Phi) is 4.30. The SMILES string of the molecule is Cn1cc2cc(-c3ccc(C(=O)NC4CCNCC4)cc3)[nH]c2nc1=O. The summed E-state index contributed by atoms with van der Waals surface area (Å²) in [5.74, 6) is -0.0372. The fourth-order valence-corrected chi connectivity index (χ4v) is 3.28. The third-order valence-corrected chi connectivity index (χ3v) is 4.80. The Labute approximate surface area is 150 Å². The van der Waals surface area contributed by atoms with Gasteiger partial charge in [-0.15, -0.1) is 0 Å². The number of aromatic amines is 1. The van der Waals surface area contributed by atoms with E-state index in [0.717, 1.165) is 42.6 Å². The van der Waals surface area contributed by atoms with Gasteiger partial charge >= 0.3 is 5.69 Å². The van der Waals surface area contributed by atoms with Gasteiger partial charge in [0.2, 0.25) is 0 Å². The van der Waals surface area contributed by atoms with Crippen LogP contribution in [0.2, 0.25) is 0 Å². The van der Waals surface area contributed by atoms with Crippen molar-refractivity contribution in [1.29, 1.82) is 0 Å². The Balaban J connectivity index is 1.53. The van der Waals surface area contributed by atoms with Crippen molar-refractivity contribution in [3.8, 4) is 11.3 Å². The molecule has 3 aromatic rings. The van der Waals surface area contributed by atoms with Crippen LogP contribution in [-0.2, 0) is 7.05 Å². The highest BCUT2D eigenvalue weighted by atomic mass is 16.2. The van der Waals surface area contributed by atoms with E-state index in [-0.39, 0.29) is 17.6 Å². The molecule has 3 heterocycles. The molecule has 1 aliphatic rings. The number of piperidine rings is 1. The van der Waals surface area contributed by atoms with Gasteiger partial charge in [-0.1, -0.05) is 12.1 Å². The van der Waals surface area contributed by atoms with Crippen LogP contribution in [0.25, 0.3) is 22.3 Å². The highest BCUT2D eigenvalue weighted by molar-refractivity contribution is 5.95. The molecular weight excluding hydrogens is 330 g/mol. The fraction of sp³-hybridized carbons (Fsp3) is 0.316. The van der Waals surface area contributed by atoms with Crippen LogP contribution in [0.3, 0.4) is 0 Å². The molecule has 0 saturated carbocycles. The molecule has 26 heavy (non-hydrogen) atoms. The first-order chi connectivity index (χ1) is 12.6. The van der Waals surface area contributed by atoms with E-state index < -0.39 is 0 Å². The lowest BCUT2D eigenvalue weighted by atomic mass is 10.1. The first kappa shape index (κ1) is 16.5. The van der Waals surface area contributed by atoms with Crippen LogP contribution < -0.4 is 16.3 Å². The van der Waals surface area contributed by atoms with Crippen LogP contribution in [0.4, 0.5) is 0 Å². The van der Waals surface area contributed by atoms with E-state index >= 15 is 0 Å². The monoisotopic (exact) mass is 351 g/mol. The molecule has 4 rings (SSSR count). The zero-order chi connectivity index (χ0) is 18.1. The van der Waals surface area contributed by atoms with Gasteiger partial charge in [0, 0.05) is 35.9 Å². The van der Waals surface area contributed by atoms with E-state index in [1.165, 1.54) is 4.57 Å². The standard InChI is InChI=1S/C19H21N5O2/c1-24-11-14-10-16(22-17(14)23-19(24)26)12-2-4-13(5-3-12)18(25)21-15-6-8-20-9-7-15/h2-5,10-11,15,20H,6-9H2,1H3,(H,21,25)(H,22,23,26). The number of H-pyrrole nitrogens is 1. The number of fused-ring (bicyclic) bond motifs is 1. The number of carbonyl (C=O) groups is 1. The summed E-state index contributed by atoms with van der Waals surface area (Å²) in [6.45, 7) is 1.89. The fourth-order valence-electron chi connectivity index (χ4n) is 3.28. The number of benzene rings is 1. The van der Waals surface area contributed by atoms with Crippen molar-refractivity contribution in [1.82, 2.24) is 25.2 Å². The van der Waals surface area contributed by atoms with Crippen molar-refractivity contribution in [2.75, 3.05) is 13.1 Å². The van der Waals surface area contributed by atoms with Gasteiger partial charge < -0.3 is 20.2 Å². The van der Waals surface area contributed by atoms with E-state index in [0.29, 0.717) is 11.2 Å². The maximum atomic E-state index is 12.4. The van der Waals surface area contributed by atoms with Gasteiger partial charge in [-0.05, 0) is 49.7 Å².